The molecule has 5 nitrogen and oxygen atoms in total. The highest BCUT2D eigenvalue weighted by atomic mass is 16.2. The number of hydrogen-bond donors (Lipinski definition) is 2. The molecule has 0 radical (unpaired) electrons. The van der Waals surface area contributed by atoms with Gasteiger partial charge in [-0.2, -0.15) is 5.10 Å². The van der Waals surface area contributed by atoms with Crippen molar-refractivity contribution in [3.8, 4) is 0 Å². The molecule has 2 amide bonds. The van der Waals surface area contributed by atoms with E-state index in [-0.39, 0.29) is 18.4 Å². The van der Waals surface area contributed by atoms with Crippen LogP contribution in [0.25, 0.3) is 21.5 Å². The van der Waals surface area contributed by atoms with Crippen LogP contribution in [0.1, 0.15) is 76.7 Å². The average Bonchev–Trinajstić information content (AvgIpc) is 2.86. The number of unbranched alkanes of at least 4 members (excludes halogenated alkanes) is 8. The molecular weight excluding hydrogens is 422 g/mol. The van der Waals surface area contributed by atoms with E-state index in [2.05, 4.69) is 53.1 Å². The van der Waals surface area contributed by atoms with E-state index in [0.29, 0.717) is 6.42 Å². The van der Waals surface area contributed by atoms with Crippen molar-refractivity contribution in [3.05, 3.63) is 60.2 Å². The lowest BCUT2D eigenvalue weighted by atomic mass is 9.97. The second-order valence-electron chi connectivity index (χ2n) is 8.88. The SMILES string of the molecule is CCCCCCCCCCCC(=O)NCC(=O)N/N=C/c1c2ccccc2cc2ccccc12. The molecule has 0 aliphatic rings. The lowest BCUT2D eigenvalue weighted by molar-refractivity contribution is -0.126. The Hall–Kier alpha value is -3.21. The zero-order chi connectivity index (χ0) is 24.0. The van der Waals surface area contributed by atoms with Crippen LogP contribution in [0, 0.1) is 0 Å². The van der Waals surface area contributed by atoms with Gasteiger partial charge in [-0.3, -0.25) is 9.59 Å². The van der Waals surface area contributed by atoms with E-state index in [0.717, 1.165) is 39.9 Å². The summed E-state index contributed by atoms with van der Waals surface area (Å²) in [6.45, 7) is 2.17. The van der Waals surface area contributed by atoms with Crippen LogP contribution in [0.5, 0.6) is 0 Å². The minimum Gasteiger partial charge on any atom is -0.347 e. The Labute approximate surface area is 203 Å². The van der Waals surface area contributed by atoms with Gasteiger partial charge in [-0.25, -0.2) is 5.43 Å². The van der Waals surface area contributed by atoms with Gasteiger partial charge in [0.05, 0.1) is 12.8 Å². The summed E-state index contributed by atoms with van der Waals surface area (Å²) in [5.74, 6) is -0.414. The first-order chi connectivity index (χ1) is 16.7. The molecule has 0 atom stereocenters. The Kier molecular flexibility index (Phi) is 10.6. The predicted octanol–water partition coefficient (Wildman–Crippen LogP) is 6.48. The van der Waals surface area contributed by atoms with Crippen LogP contribution in [0.3, 0.4) is 0 Å². The van der Waals surface area contributed by atoms with Crippen LogP contribution in [-0.4, -0.2) is 24.6 Å². The fourth-order valence-corrected chi connectivity index (χ4v) is 4.26. The van der Waals surface area contributed by atoms with E-state index in [4.69, 9.17) is 0 Å². The maximum Gasteiger partial charge on any atom is 0.259 e. The molecule has 0 spiro atoms. The molecule has 2 N–H and O–H groups in total. The van der Waals surface area contributed by atoms with Crippen molar-refractivity contribution in [2.24, 2.45) is 5.10 Å². The Morgan fingerprint density at radius 1 is 0.765 bits per heavy atom. The average molecular weight is 460 g/mol. The normalized spacial score (nSPS) is 11.3. The van der Waals surface area contributed by atoms with Crippen LogP contribution < -0.4 is 10.7 Å². The van der Waals surface area contributed by atoms with Crippen molar-refractivity contribution in [2.45, 2.75) is 71.1 Å². The van der Waals surface area contributed by atoms with E-state index in [1.165, 1.54) is 44.9 Å². The van der Waals surface area contributed by atoms with E-state index in [1.54, 1.807) is 6.21 Å². The number of carbonyl (C=O) groups is 2. The van der Waals surface area contributed by atoms with E-state index < -0.39 is 0 Å². The summed E-state index contributed by atoms with van der Waals surface area (Å²) in [5.41, 5.74) is 3.50. The second kappa shape index (κ2) is 14.1. The maximum atomic E-state index is 12.1. The first-order valence-electron chi connectivity index (χ1n) is 12.7. The monoisotopic (exact) mass is 459 g/mol. The topological polar surface area (TPSA) is 70.6 Å². The van der Waals surface area contributed by atoms with Gasteiger partial charge in [0.15, 0.2) is 0 Å². The predicted molar refractivity (Wildman–Crippen MR) is 142 cm³/mol. The molecule has 3 aromatic carbocycles. The van der Waals surface area contributed by atoms with Crippen molar-refractivity contribution < 1.29 is 9.59 Å². The molecule has 0 aliphatic heterocycles. The van der Waals surface area contributed by atoms with Gasteiger partial charge in [-0.1, -0.05) is 107 Å². The highest BCUT2D eigenvalue weighted by Crippen LogP contribution is 2.27. The van der Waals surface area contributed by atoms with E-state index >= 15 is 0 Å². The quantitative estimate of drug-likeness (QED) is 0.125. The van der Waals surface area contributed by atoms with E-state index in [9.17, 15) is 9.59 Å². The third-order valence-corrected chi connectivity index (χ3v) is 6.15. The number of carbonyl (C=O) groups excluding carboxylic acids is 2. The smallest absolute Gasteiger partial charge is 0.259 e. The summed E-state index contributed by atoms with van der Waals surface area (Å²) >= 11 is 0. The van der Waals surface area contributed by atoms with E-state index in [1.807, 2.05) is 24.3 Å². The van der Waals surface area contributed by atoms with Gasteiger partial charge >= 0.3 is 0 Å². The molecule has 0 aromatic heterocycles. The van der Waals surface area contributed by atoms with Gasteiger partial charge in [-0.05, 0) is 34.0 Å². The lowest BCUT2D eigenvalue weighted by Gasteiger charge is -2.08. The number of benzene rings is 3. The summed E-state index contributed by atoms with van der Waals surface area (Å²) in [4.78, 5) is 24.2. The molecule has 180 valence electrons. The second-order valence-corrected chi connectivity index (χ2v) is 8.88. The van der Waals surface area contributed by atoms with Crippen molar-refractivity contribution in [1.29, 1.82) is 0 Å². The first kappa shape index (κ1) is 25.4. The number of hydrazone groups is 1. The highest BCUT2D eigenvalue weighted by Gasteiger charge is 2.07. The van der Waals surface area contributed by atoms with Gasteiger partial charge in [0.1, 0.15) is 0 Å². The Morgan fingerprint density at radius 3 is 1.94 bits per heavy atom. The lowest BCUT2D eigenvalue weighted by Crippen LogP contribution is -2.34. The van der Waals surface area contributed by atoms with Crippen LogP contribution in [0.15, 0.2) is 59.7 Å². The molecule has 5 heteroatoms. The molecular formula is C29H37N3O2. The van der Waals surface area contributed by atoms with Crippen molar-refractivity contribution in [3.63, 3.8) is 0 Å². The van der Waals surface area contributed by atoms with Gasteiger partial charge in [0.2, 0.25) is 5.91 Å². The third kappa shape index (κ3) is 7.98. The molecule has 3 aromatic rings. The molecule has 0 fully saturated rings. The molecule has 0 heterocycles. The number of nitrogens with one attached hydrogen (secondary N) is 2. The molecule has 0 aliphatic carbocycles. The zero-order valence-corrected chi connectivity index (χ0v) is 20.3. The van der Waals surface area contributed by atoms with Gasteiger partial charge in [-0.15, -0.1) is 0 Å². The van der Waals surface area contributed by atoms with Gasteiger partial charge < -0.3 is 5.32 Å². The molecule has 0 unspecified atom stereocenters. The standard InChI is InChI=1S/C29H37N3O2/c1-2-3-4-5-6-7-8-9-10-19-28(33)30-22-29(34)32-31-21-27-25-17-13-11-15-23(25)20-24-16-12-14-18-26(24)27/h11-18,20-21H,2-10,19,22H2,1H3,(H,30,33)(H,32,34)/b31-21+. The fraction of sp³-hybridized carbons (Fsp3) is 0.414. The summed E-state index contributed by atoms with van der Waals surface area (Å²) in [5, 5.41) is 11.3. The molecule has 0 bridgehead atoms. The maximum absolute atomic E-state index is 12.1. The number of fused-ring (bicyclic) bond motifs is 2. The fourth-order valence-electron chi connectivity index (χ4n) is 4.26. The summed E-state index contributed by atoms with van der Waals surface area (Å²) in [6, 6.07) is 18.4. The minimum absolute atomic E-state index is 0.0656. The summed E-state index contributed by atoms with van der Waals surface area (Å²) in [6.07, 6.45) is 13.1. The van der Waals surface area contributed by atoms with Crippen LogP contribution in [0.2, 0.25) is 0 Å². The molecule has 0 saturated heterocycles. The summed E-state index contributed by atoms with van der Waals surface area (Å²) in [7, 11) is 0. The highest BCUT2D eigenvalue weighted by molar-refractivity contribution is 6.13. The Morgan fingerprint density at radius 2 is 1.32 bits per heavy atom. The number of rotatable bonds is 14. The van der Waals surface area contributed by atoms with Crippen LogP contribution in [-0.2, 0) is 9.59 Å². The summed E-state index contributed by atoms with van der Waals surface area (Å²) < 4.78 is 0. The van der Waals surface area contributed by atoms with Crippen LogP contribution in [0.4, 0.5) is 0 Å². The Balaban J connectivity index is 1.39. The Bertz CT molecular complexity index is 1050. The number of amides is 2. The largest absolute Gasteiger partial charge is 0.347 e. The first-order valence-corrected chi connectivity index (χ1v) is 12.7. The minimum atomic E-state index is -0.332. The van der Waals surface area contributed by atoms with Crippen molar-refractivity contribution in [2.75, 3.05) is 6.54 Å². The van der Waals surface area contributed by atoms with Crippen molar-refractivity contribution >= 4 is 39.6 Å². The third-order valence-electron chi connectivity index (χ3n) is 6.15. The number of nitrogens with zero attached hydrogens (tertiary/aromatic N) is 1. The zero-order valence-electron chi connectivity index (χ0n) is 20.3. The number of hydrogen-bond acceptors (Lipinski definition) is 3. The van der Waals surface area contributed by atoms with Crippen LogP contribution >= 0.6 is 0 Å². The van der Waals surface area contributed by atoms with Crippen molar-refractivity contribution in [1.82, 2.24) is 10.7 Å². The molecule has 3 rings (SSSR count). The van der Waals surface area contributed by atoms with Gasteiger partial charge in [0, 0.05) is 12.0 Å². The molecule has 34 heavy (non-hydrogen) atoms. The molecule has 0 saturated carbocycles. The van der Waals surface area contributed by atoms with Gasteiger partial charge in [0.25, 0.3) is 5.91 Å².